The zero-order valence-electron chi connectivity index (χ0n) is 13.2. The number of halogens is 1. The molecule has 0 atom stereocenters. The number of carboxylic acid groups (broad SMARTS) is 1. The molecule has 0 bridgehead atoms. The second-order valence-electron chi connectivity index (χ2n) is 5.19. The van der Waals surface area contributed by atoms with Gasteiger partial charge in [0.15, 0.2) is 5.78 Å². The van der Waals surface area contributed by atoms with Gasteiger partial charge in [0.2, 0.25) is 5.91 Å². The number of thioether (sulfide) groups is 1. The van der Waals surface area contributed by atoms with Crippen LogP contribution in [-0.2, 0) is 9.59 Å². The van der Waals surface area contributed by atoms with E-state index in [2.05, 4.69) is 21.2 Å². The van der Waals surface area contributed by atoms with E-state index >= 15 is 0 Å². The van der Waals surface area contributed by atoms with E-state index < -0.39 is 5.97 Å². The molecular weight excluding hydrogens is 406 g/mol. The Balaban J connectivity index is 1.83. The molecule has 0 aromatic heterocycles. The number of amides is 1. The standard InChI is InChI=1S/C18H16BrNO4S/c19-13-3-1-12(2-4-13)16(21)11-25-15-7-5-14(6-8-15)20-17(22)9-10-18(23)24/h1-8H,9-11H2,(H,20,22)(H,23,24). The van der Waals surface area contributed by atoms with Crippen molar-refractivity contribution >= 4 is 51.0 Å². The van der Waals surface area contributed by atoms with Gasteiger partial charge in [-0.05, 0) is 36.4 Å². The van der Waals surface area contributed by atoms with Gasteiger partial charge >= 0.3 is 5.97 Å². The lowest BCUT2D eigenvalue weighted by atomic mass is 10.2. The second-order valence-corrected chi connectivity index (χ2v) is 7.15. The highest BCUT2D eigenvalue weighted by molar-refractivity contribution is 9.10. The summed E-state index contributed by atoms with van der Waals surface area (Å²) in [5.74, 6) is -0.972. The van der Waals surface area contributed by atoms with Crippen LogP contribution in [0.2, 0.25) is 0 Å². The van der Waals surface area contributed by atoms with Gasteiger partial charge < -0.3 is 10.4 Å². The van der Waals surface area contributed by atoms with Crippen molar-refractivity contribution in [2.45, 2.75) is 17.7 Å². The van der Waals surface area contributed by atoms with E-state index in [1.165, 1.54) is 11.8 Å². The number of nitrogens with one attached hydrogen (secondary N) is 1. The molecule has 0 aliphatic carbocycles. The van der Waals surface area contributed by atoms with Crippen molar-refractivity contribution in [3.63, 3.8) is 0 Å². The number of anilines is 1. The fourth-order valence-corrected chi connectivity index (χ4v) is 3.00. The molecule has 0 spiro atoms. The smallest absolute Gasteiger partial charge is 0.303 e. The number of hydrogen-bond acceptors (Lipinski definition) is 4. The molecule has 130 valence electrons. The van der Waals surface area contributed by atoms with Crippen molar-refractivity contribution in [3.8, 4) is 0 Å². The van der Waals surface area contributed by atoms with Gasteiger partial charge in [0.1, 0.15) is 0 Å². The Labute approximate surface area is 157 Å². The van der Waals surface area contributed by atoms with Gasteiger partial charge in [0.25, 0.3) is 0 Å². The molecule has 2 N–H and O–H groups in total. The number of benzene rings is 2. The van der Waals surface area contributed by atoms with Crippen LogP contribution in [0.1, 0.15) is 23.2 Å². The summed E-state index contributed by atoms with van der Waals surface area (Å²) < 4.78 is 0.928. The molecule has 2 aromatic rings. The highest BCUT2D eigenvalue weighted by atomic mass is 79.9. The molecule has 0 aliphatic heterocycles. The first kappa shape index (κ1) is 19.2. The third-order valence-electron chi connectivity index (χ3n) is 3.24. The van der Waals surface area contributed by atoms with Crippen LogP contribution in [0.25, 0.3) is 0 Å². The van der Waals surface area contributed by atoms with E-state index in [1.54, 1.807) is 24.3 Å². The SMILES string of the molecule is O=C(O)CCC(=O)Nc1ccc(SCC(=O)c2ccc(Br)cc2)cc1. The quantitative estimate of drug-likeness (QED) is 0.492. The van der Waals surface area contributed by atoms with Crippen LogP contribution in [0.3, 0.4) is 0 Å². The minimum absolute atomic E-state index is 0.0450. The van der Waals surface area contributed by atoms with E-state index in [-0.39, 0.29) is 24.5 Å². The maximum Gasteiger partial charge on any atom is 0.303 e. The molecular formula is C18H16BrNO4S. The first-order chi connectivity index (χ1) is 11.9. The lowest BCUT2D eigenvalue weighted by Gasteiger charge is -2.06. The molecule has 0 aliphatic rings. The Kier molecular flexibility index (Phi) is 7.21. The average molecular weight is 422 g/mol. The van der Waals surface area contributed by atoms with Crippen LogP contribution in [0, 0.1) is 0 Å². The van der Waals surface area contributed by atoms with Gasteiger partial charge in [-0.25, -0.2) is 0 Å². The normalized spacial score (nSPS) is 10.3. The topological polar surface area (TPSA) is 83.5 Å². The summed E-state index contributed by atoms with van der Waals surface area (Å²) in [4.78, 5) is 35.0. The molecule has 0 saturated carbocycles. The molecule has 0 radical (unpaired) electrons. The zero-order chi connectivity index (χ0) is 18.2. The second kappa shape index (κ2) is 9.39. The Morgan fingerprint density at radius 3 is 2.20 bits per heavy atom. The number of rotatable bonds is 8. The molecule has 0 saturated heterocycles. The van der Waals surface area contributed by atoms with E-state index in [0.717, 1.165) is 9.37 Å². The Bertz CT molecular complexity index is 760. The number of carboxylic acids is 1. The van der Waals surface area contributed by atoms with Gasteiger partial charge in [-0.3, -0.25) is 14.4 Å². The molecule has 25 heavy (non-hydrogen) atoms. The van der Waals surface area contributed by atoms with E-state index in [9.17, 15) is 14.4 Å². The van der Waals surface area contributed by atoms with Crippen molar-refractivity contribution in [1.29, 1.82) is 0 Å². The van der Waals surface area contributed by atoms with E-state index in [0.29, 0.717) is 17.0 Å². The van der Waals surface area contributed by atoms with Crippen LogP contribution in [0.15, 0.2) is 57.9 Å². The maximum atomic E-state index is 12.1. The third-order valence-corrected chi connectivity index (χ3v) is 4.78. The zero-order valence-corrected chi connectivity index (χ0v) is 15.6. The van der Waals surface area contributed by atoms with Crippen molar-refractivity contribution in [1.82, 2.24) is 0 Å². The summed E-state index contributed by atoms with van der Waals surface area (Å²) in [5, 5.41) is 11.2. The number of Topliss-reactive ketones (excluding diaryl/α,β-unsaturated/α-hetero) is 1. The van der Waals surface area contributed by atoms with Gasteiger partial charge in [-0.15, -0.1) is 11.8 Å². The predicted octanol–water partition coefficient (Wildman–Crippen LogP) is 4.23. The number of ketones is 1. The summed E-state index contributed by atoms with van der Waals surface area (Å²) in [6, 6.07) is 14.3. The van der Waals surface area contributed by atoms with Gasteiger partial charge in [-0.1, -0.05) is 28.1 Å². The fourth-order valence-electron chi connectivity index (χ4n) is 1.95. The maximum absolute atomic E-state index is 12.1. The third kappa shape index (κ3) is 6.72. The monoisotopic (exact) mass is 421 g/mol. The van der Waals surface area contributed by atoms with Crippen molar-refractivity contribution in [3.05, 3.63) is 58.6 Å². The van der Waals surface area contributed by atoms with E-state index in [1.807, 2.05) is 24.3 Å². The fraction of sp³-hybridized carbons (Fsp3) is 0.167. The minimum Gasteiger partial charge on any atom is -0.481 e. The minimum atomic E-state index is -1.00. The van der Waals surface area contributed by atoms with Crippen LogP contribution >= 0.6 is 27.7 Å². The molecule has 0 fully saturated rings. The lowest BCUT2D eigenvalue weighted by molar-refractivity contribution is -0.138. The number of hydrogen-bond donors (Lipinski definition) is 2. The lowest BCUT2D eigenvalue weighted by Crippen LogP contribution is -2.13. The molecule has 2 rings (SSSR count). The number of carbonyl (C=O) groups is 3. The van der Waals surface area contributed by atoms with Crippen LogP contribution in [-0.4, -0.2) is 28.5 Å². The molecule has 7 heteroatoms. The van der Waals surface area contributed by atoms with Crippen LogP contribution < -0.4 is 5.32 Å². The van der Waals surface area contributed by atoms with Crippen molar-refractivity contribution < 1.29 is 19.5 Å². The Hall–Kier alpha value is -2.12. The largest absolute Gasteiger partial charge is 0.481 e. The summed E-state index contributed by atoms with van der Waals surface area (Å²) in [6.07, 6.45) is -0.258. The highest BCUT2D eigenvalue weighted by Gasteiger charge is 2.08. The summed E-state index contributed by atoms with van der Waals surface area (Å²) in [7, 11) is 0. The Morgan fingerprint density at radius 1 is 0.960 bits per heavy atom. The molecule has 0 unspecified atom stereocenters. The summed E-state index contributed by atoms with van der Waals surface area (Å²) in [5.41, 5.74) is 1.26. The van der Waals surface area contributed by atoms with Crippen LogP contribution in [0.4, 0.5) is 5.69 Å². The predicted molar refractivity (Wildman–Crippen MR) is 101 cm³/mol. The highest BCUT2D eigenvalue weighted by Crippen LogP contribution is 2.22. The molecule has 1 amide bonds. The van der Waals surface area contributed by atoms with Gasteiger partial charge in [0, 0.05) is 27.0 Å². The molecule has 5 nitrogen and oxygen atoms in total. The summed E-state index contributed by atoms with van der Waals surface area (Å²) >= 11 is 4.75. The number of carbonyl (C=O) groups excluding carboxylic acids is 2. The van der Waals surface area contributed by atoms with Gasteiger partial charge in [0.05, 0.1) is 12.2 Å². The summed E-state index contributed by atoms with van der Waals surface area (Å²) in [6.45, 7) is 0. The molecule has 2 aromatic carbocycles. The van der Waals surface area contributed by atoms with Gasteiger partial charge in [-0.2, -0.15) is 0 Å². The van der Waals surface area contributed by atoms with E-state index in [4.69, 9.17) is 5.11 Å². The van der Waals surface area contributed by atoms with Crippen LogP contribution in [0.5, 0.6) is 0 Å². The first-order valence-corrected chi connectivity index (χ1v) is 9.25. The molecule has 0 heterocycles. The average Bonchev–Trinajstić information content (AvgIpc) is 2.60. The van der Waals surface area contributed by atoms with Crippen molar-refractivity contribution in [2.24, 2.45) is 0 Å². The Morgan fingerprint density at radius 2 is 1.60 bits per heavy atom. The van der Waals surface area contributed by atoms with Crippen molar-refractivity contribution in [2.75, 3.05) is 11.1 Å². The number of aliphatic carboxylic acids is 1. The first-order valence-electron chi connectivity index (χ1n) is 7.47.